The molecule has 0 spiro atoms. The van der Waals surface area contributed by atoms with Crippen molar-refractivity contribution in [2.45, 2.75) is 0 Å². The molecule has 0 saturated carbocycles. The van der Waals surface area contributed by atoms with Crippen LogP contribution >= 0.6 is 0 Å². The zero-order valence-corrected chi connectivity index (χ0v) is 11.3. The molecular formula is C16H10N2O4. The van der Waals surface area contributed by atoms with Crippen LogP contribution in [0.2, 0.25) is 0 Å². The zero-order valence-electron chi connectivity index (χ0n) is 11.3. The van der Waals surface area contributed by atoms with Crippen molar-refractivity contribution >= 4 is 17.7 Å². The van der Waals surface area contributed by atoms with E-state index in [0.717, 1.165) is 0 Å². The summed E-state index contributed by atoms with van der Waals surface area (Å²) in [6.45, 7) is 0. The smallest absolute Gasteiger partial charge is 0.336 e. The SMILES string of the molecule is N#Cc1ccc(OC(=O)/C=C/c2cccc([N+](=O)[O-])c2)cc1. The Morgan fingerprint density at radius 3 is 2.59 bits per heavy atom. The van der Waals surface area contributed by atoms with Crippen LogP contribution in [0.1, 0.15) is 11.1 Å². The van der Waals surface area contributed by atoms with Gasteiger partial charge < -0.3 is 4.74 Å². The van der Waals surface area contributed by atoms with Gasteiger partial charge in [-0.3, -0.25) is 10.1 Å². The van der Waals surface area contributed by atoms with Gasteiger partial charge in [0, 0.05) is 18.2 Å². The largest absolute Gasteiger partial charge is 0.423 e. The molecule has 0 saturated heterocycles. The summed E-state index contributed by atoms with van der Waals surface area (Å²) in [5.74, 6) is -0.302. The van der Waals surface area contributed by atoms with E-state index in [0.29, 0.717) is 16.9 Å². The van der Waals surface area contributed by atoms with Gasteiger partial charge in [0.15, 0.2) is 0 Å². The summed E-state index contributed by atoms with van der Waals surface area (Å²) >= 11 is 0. The van der Waals surface area contributed by atoms with Gasteiger partial charge in [-0.05, 0) is 35.9 Å². The van der Waals surface area contributed by atoms with Crippen molar-refractivity contribution in [2.75, 3.05) is 0 Å². The Labute approximate surface area is 126 Å². The van der Waals surface area contributed by atoms with Crippen LogP contribution in [0, 0.1) is 21.4 Å². The normalized spacial score (nSPS) is 10.1. The van der Waals surface area contributed by atoms with Gasteiger partial charge in [-0.1, -0.05) is 12.1 Å². The number of rotatable bonds is 4. The predicted octanol–water partition coefficient (Wildman–Crippen LogP) is 3.09. The first-order valence-electron chi connectivity index (χ1n) is 6.23. The highest BCUT2D eigenvalue weighted by Gasteiger charge is 2.05. The second kappa shape index (κ2) is 6.81. The predicted molar refractivity (Wildman–Crippen MR) is 78.9 cm³/mol. The molecule has 0 bridgehead atoms. The molecule has 0 fully saturated rings. The van der Waals surface area contributed by atoms with Crippen LogP contribution in [0.4, 0.5) is 5.69 Å². The number of hydrogen-bond acceptors (Lipinski definition) is 5. The number of nitriles is 1. The van der Waals surface area contributed by atoms with Crippen LogP contribution in [0.15, 0.2) is 54.6 Å². The summed E-state index contributed by atoms with van der Waals surface area (Å²) in [5.41, 5.74) is 0.931. The fraction of sp³-hybridized carbons (Fsp3) is 0. The quantitative estimate of drug-likeness (QED) is 0.284. The maximum atomic E-state index is 11.7. The lowest BCUT2D eigenvalue weighted by molar-refractivity contribution is -0.384. The number of ether oxygens (including phenoxy) is 1. The van der Waals surface area contributed by atoms with Crippen molar-refractivity contribution in [1.29, 1.82) is 5.26 Å². The summed E-state index contributed by atoms with van der Waals surface area (Å²) < 4.78 is 5.04. The van der Waals surface area contributed by atoms with Crippen molar-refractivity contribution in [1.82, 2.24) is 0 Å². The summed E-state index contributed by atoms with van der Waals surface area (Å²) in [4.78, 5) is 21.8. The Morgan fingerprint density at radius 1 is 1.23 bits per heavy atom. The first kappa shape index (κ1) is 14.9. The fourth-order valence-electron chi connectivity index (χ4n) is 1.65. The van der Waals surface area contributed by atoms with Crippen molar-refractivity contribution < 1.29 is 14.5 Å². The molecule has 2 aromatic carbocycles. The monoisotopic (exact) mass is 294 g/mol. The average molecular weight is 294 g/mol. The lowest BCUT2D eigenvalue weighted by Gasteiger charge is -2.00. The third kappa shape index (κ3) is 4.02. The van der Waals surface area contributed by atoms with E-state index in [1.807, 2.05) is 6.07 Å². The number of nitro groups is 1. The van der Waals surface area contributed by atoms with Gasteiger partial charge in [-0.15, -0.1) is 0 Å². The lowest BCUT2D eigenvalue weighted by atomic mass is 10.2. The molecule has 0 unspecified atom stereocenters. The Bertz CT molecular complexity index is 773. The topological polar surface area (TPSA) is 93.2 Å². The second-order valence-electron chi connectivity index (χ2n) is 4.24. The number of benzene rings is 2. The molecule has 108 valence electrons. The first-order chi connectivity index (χ1) is 10.6. The Hall–Kier alpha value is -3.46. The number of esters is 1. The van der Waals surface area contributed by atoms with E-state index in [9.17, 15) is 14.9 Å². The third-order valence-corrected chi connectivity index (χ3v) is 2.69. The van der Waals surface area contributed by atoms with Crippen LogP contribution in [-0.2, 0) is 4.79 Å². The maximum absolute atomic E-state index is 11.7. The third-order valence-electron chi connectivity index (χ3n) is 2.69. The summed E-state index contributed by atoms with van der Waals surface area (Å²) in [6, 6.07) is 13.9. The van der Waals surface area contributed by atoms with E-state index < -0.39 is 10.9 Å². The van der Waals surface area contributed by atoms with Crippen molar-refractivity contribution in [3.05, 3.63) is 75.8 Å². The van der Waals surface area contributed by atoms with E-state index >= 15 is 0 Å². The minimum absolute atomic E-state index is 0.0531. The van der Waals surface area contributed by atoms with E-state index in [1.54, 1.807) is 6.07 Å². The molecule has 0 aliphatic carbocycles. The molecule has 0 atom stereocenters. The highest BCUT2D eigenvalue weighted by Crippen LogP contribution is 2.15. The van der Waals surface area contributed by atoms with E-state index in [2.05, 4.69) is 0 Å². The number of carbonyl (C=O) groups is 1. The molecule has 6 nitrogen and oxygen atoms in total. The van der Waals surface area contributed by atoms with Crippen molar-refractivity contribution in [2.24, 2.45) is 0 Å². The van der Waals surface area contributed by atoms with Crippen LogP contribution in [0.3, 0.4) is 0 Å². The van der Waals surface area contributed by atoms with Gasteiger partial charge >= 0.3 is 5.97 Å². The minimum Gasteiger partial charge on any atom is -0.423 e. The number of nitrogens with zero attached hydrogens (tertiary/aromatic N) is 2. The van der Waals surface area contributed by atoms with E-state index in [-0.39, 0.29) is 5.69 Å². The molecule has 0 amide bonds. The van der Waals surface area contributed by atoms with E-state index in [1.165, 1.54) is 54.6 Å². The Morgan fingerprint density at radius 2 is 1.95 bits per heavy atom. The van der Waals surface area contributed by atoms with Gasteiger partial charge in [0.1, 0.15) is 5.75 Å². The van der Waals surface area contributed by atoms with Crippen molar-refractivity contribution in [3.8, 4) is 11.8 Å². The highest BCUT2D eigenvalue weighted by atomic mass is 16.6. The fourth-order valence-corrected chi connectivity index (χ4v) is 1.65. The standard InChI is InChI=1S/C16H10N2O4/c17-11-13-4-7-15(8-5-13)22-16(19)9-6-12-2-1-3-14(10-12)18(20)21/h1-10H/b9-6+. The molecule has 0 N–H and O–H groups in total. The van der Waals surface area contributed by atoms with Crippen LogP contribution < -0.4 is 4.74 Å². The van der Waals surface area contributed by atoms with Gasteiger partial charge in [0.05, 0.1) is 16.6 Å². The molecule has 2 aromatic rings. The highest BCUT2D eigenvalue weighted by molar-refractivity contribution is 5.88. The molecule has 2 rings (SSSR count). The lowest BCUT2D eigenvalue weighted by Crippen LogP contribution is -2.03. The van der Waals surface area contributed by atoms with Gasteiger partial charge in [0.2, 0.25) is 0 Å². The first-order valence-corrected chi connectivity index (χ1v) is 6.23. The van der Waals surface area contributed by atoms with E-state index in [4.69, 9.17) is 10.00 Å². The number of carbonyl (C=O) groups excluding carboxylic acids is 1. The van der Waals surface area contributed by atoms with Crippen molar-refractivity contribution in [3.63, 3.8) is 0 Å². The van der Waals surface area contributed by atoms with Crippen LogP contribution in [0.5, 0.6) is 5.75 Å². The van der Waals surface area contributed by atoms with Gasteiger partial charge in [0.25, 0.3) is 5.69 Å². The zero-order chi connectivity index (χ0) is 15.9. The number of nitro benzene ring substituents is 1. The molecule has 0 radical (unpaired) electrons. The molecule has 6 heteroatoms. The second-order valence-corrected chi connectivity index (χ2v) is 4.24. The number of non-ortho nitro benzene ring substituents is 1. The van der Waals surface area contributed by atoms with Crippen LogP contribution in [0.25, 0.3) is 6.08 Å². The Balaban J connectivity index is 2.03. The summed E-state index contributed by atoms with van der Waals surface area (Å²) in [6.07, 6.45) is 2.61. The van der Waals surface area contributed by atoms with Gasteiger partial charge in [-0.25, -0.2) is 4.79 Å². The maximum Gasteiger partial charge on any atom is 0.336 e. The molecule has 0 heterocycles. The summed E-state index contributed by atoms with van der Waals surface area (Å²) in [5, 5.41) is 19.3. The average Bonchev–Trinajstić information content (AvgIpc) is 2.54. The van der Waals surface area contributed by atoms with Crippen LogP contribution in [-0.4, -0.2) is 10.9 Å². The summed E-state index contributed by atoms with van der Waals surface area (Å²) in [7, 11) is 0. The Kier molecular flexibility index (Phi) is 4.63. The molecule has 0 aliphatic rings. The molecule has 0 aliphatic heterocycles. The van der Waals surface area contributed by atoms with Gasteiger partial charge in [-0.2, -0.15) is 5.26 Å². The number of hydrogen-bond donors (Lipinski definition) is 0. The molecular weight excluding hydrogens is 284 g/mol. The molecule has 0 aromatic heterocycles. The molecule has 22 heavy (non-hydrogen) atoms. The minimum atomic E-state index is -0.615.